The molecule has 1 aromatic rings. The minimum atomic E-state index is -0.0997. The fourth-order valence-corrected chi connectivity index (χ4v) is 2.03. The SMILES string of the molecule is CCN(CC)CCCNC(=O)c1cnc(N(C)C)nc1C. The number of rotatable bonds is 8. The molecule has 1 aromatic heterocycles. The number of hydrogen-bond acceptors (Lipinski definition) is 5. The summed E-state index contributed by atoms with van der Waals surface area (Å²) in [7, 11) is 3.75. The molecule has 1 heterocycles. The highest BCUT2D eigenvalue weighted by Gasteiger charge is 2.12. The first-order valence-corrected chi connectivity index (χ1v) is 7.51. The van der Waals surface area contributed by atoms with Crippen LogP contribution in [0.3, 0.4) is 0 Å². The minimum Gasteiger partial charge on any atom is -0.352 e. The van der Waals surface area contributed by atoms with Crippen LogP contribution in [0.25, 0.3) is 0 Å². The molecule has 0 unspecified atom stereocenters. The molecule has 118 valence electrons. The Labute approximate surface area is 127 Å². The van der Waals surface area contributed by atoms with Gasteiger partial charge in [0.1, 0.15) is 0 Å². The highest BCUT2D eigenvalue weighted by atomic mass is 16.1. The molecule has 0 atom stereocenters. The van der Waals surface area contributed by atoms with E-state index in [2.05, 4.69) is 34.0 Å². The fourth-order valence-electron chi connectivity index (χ4n) is 2.03. The normalized spacial score (nSPS) is 10.8. The van der Waals surface area contributed by atoms with Gasteiger partial charge in [0.05, 0.1) is 11.3 Å². The maximum Gasteiger partial charge on any atom is 0.254 e. The molecule has 0 aliphatic rings. The fraction of sp³-hybridized carbons (Fsp3) is 0.667. The van der Waals surface area contributed by atoms with Crippen molar-refractivity contribution >= 4 is 11.9 Å². The van der Waals surface area contributed by atoms with E-state index in [9.17, 15) is 4.79 Å². The number of nitrogens with zero attached hydrogens (tertiary/aromatic N) is 4. The Morgan fingerprint density at radius 3 is 2.48 bits per heavy atom. The van der Waals surface area contributed by atoms with Gasteiger partial charge in [0, 0.05) is 26.8 Å². The lowest BCUT2D eigenvalue weighted by atomic mass is 10.2. The summed E-state index contributed by atoms with van der Waals surface area (Å²) in [6, 6.07) is 0. The lowest BCUT2D eigenvalue weighted by Crippen LogP contribution is -2.30. The third-order valence-electron chi connectivity index (χ3n) is 3.44. The largest absolute Gasteiger partial charge is 0.352 e. The standard InChI is InChI=1S/C15H27N5O/c1-6-20(7-2)10-8-9-16-14(21)13-11-17-15(19(4)5)18-12(13)3/h11H,6-10H2,1-5H3,(H,16,21). The van der Waals surface area contributed by atoms with E-state index >= 15 is 0 Å². The second-order valence-electron chi connectivity index (χ2n) is 5.20. The molecule has 6 nitrogen and oxygen atoms in total. The molecule has 1 amide bonds. The molecule has 6 heteroatoms. The molecule has 0 aromatic carbocycles. The number of amides is 1. The van der Waals surface area contributed by atoms with Gasteiger partial charge in [-0.15, -0.1) is 0 Å². The van der Waals surface area contributed by atoms with Crippen LogP contribution in [-0.4, -0.2) is 61.0 Å². The Bertz CT molecular complexity index is 457. The summed E-state index contributed by atoms with van der Waals surface area (Å²) < 4.78 is 0. The monoisotopic (exact) mass is 293 g/mol. The van der Waals surface area contributed by atoms with E-state index in [1.54, 1.807) is 6.20 Å². The van der Waals surface area contributed by atoms with E-state index in [1.807, 2.05) is 25.9 Å². The zero-order chi connectivity index (χ0) is 15.8. The maximum absolute atomic E-state index is 12.1. The lowest BCUT2D eigenvalue weighted by molar-refractivity contribution is 0.0950. The number of aromatic nitrogens is 2. The quantitative estimate of drug-likeness (QED) is 0.732. The zero-order valence-corrected chi connectivity index (χ0v) is 13.8. The van der Waals surface area contributed by atoms with Crippen molar-refractivity contribution in [2.24, 2.45) is 0 Å². The summed E-state index contributed by atoms with van der Waals surface area (Å²) in [5.74, 6) is 0.517. The van der Waals surface area contributed by atoms with E-state index in [1.165, 1.54) is 0 Å². The van der Waals surface area contributed by atoms with Crippen molar-refractivity contribution < 1.29 is 4.79 Å². The van der Waals surface area contributed by atoms with Gasteiger partial charge in [0.15, 0.2) is 0 Å². The molecule has 0 spiro atoms. The average Bonchev–Trinajstić information content (AvgIpc) is 2.47. The lowest BCUT2D eigenvalue weighted by Gasteiger charge is -2.17. The average molecular weight is 293 g/mol. The van der Waals surface area contributed by atoms with E-state index < -0.39 is 0 Å². The summed E-state index contributed by atoms with van der Waals surface area (Å²) in [6.45, 7) is 9.89. The van der Waals surface area contributed by atoms with Gasteiger partial charge in [-0.3, -0.25) is 4.79 Å². The first kappa shape index (κ1) is 17.4. The van der Waals surface area contributed by atoms with Gasteiger partial charge in [-0.25, -0.2) is 9.97 Å². The Balaban J connectivity index is 2.49. The highest BCUT2D eigenvalue weighted by Crippen LogP contribution is 2.08. The summed E-state index contributed by atoms with van der Waals surface area (Å²) in [6.07, 6.45) is 2.54. The number of carbonyl (C=O) groups excluding carboxylic acids is 1. The maximum atomic E-state index is 12.1. The molecule has 0 aliphatic carbocycles. The van der Waals surface area contributed by atoms with Crippen LogP contribution in [0.15, 0.2) is 6.20 Å². The van der Waals surface area contributed by atoms with Crippen molar-refractivity contribution in [3.8, 4) is 0 Å². The van der Waals surface area contributed by atoms with Crippen molar-refractivity contribution in [3.63, 3.8) is 0 Å². The van der Waals surface area contributed by atoms with E-state index in [-0.39, 0.29) is 5.91 Å². The molecular weight excluding hydrogens is 266 g/mol. The van der Waals surface area contributed by atoms with E-state index in [0.717, 1.165) is 26.1 Å². The smallest absolute Gasteiger partial charge is 0.254 e. The third kappa shape index (κ3) is 5.30. The van der Waals surface area contributed by atoms with Gasteiger partial charge in [-0.2, -0.15) is 0 Å². The summed E-state index contributed by atoms with van der Waals surface area (Å²) in [5.41, 5.74) is 1.25. The molecule has 1 N–H and O–H groups in total. The first-order valence-electron chi connectivity index (χ1n) is 7.51. The molecule has 0 saturated carbocycles. The topological polar surface area (TPSA) is 61.4 Å². The number of nitrogens with one attached hydrogen (secondary N) is 1. The van der Waals surface area contributed by atoms with Gasteiger partial charge >= 0.3 is 0 Å². The Morgan fingerprint density at radius 1 is 1.29 bits per heavy atom. The van der Waals surface area contributed by atoms with Gasteiger partial charge in [0.2, 0.25) is 5.95 Å². The van der Waals surface area contributed by atoms with E-state index in [4.69, 9.17) is 0 Å². The van der Waals surface area contributed by atoms with Crippen molar-refractivity contribution in [1.82, 2.24) is 20.2 Å². The van der Waals surface area contributed by atoms with Crippen LogP contribution < -0.4 is 10.2 Å². The van der Waals surface area contributed by atoms with Gasteiger partial charge in [-0.1, -0.05) is 13.8 Å². The van der Waals surface area contributed by atoms with Crippen LogP contribution in [-0.2, 0) is 0 Å². The van der Waals surface area contributed by atoms with Crippen molar-refractivity contribution in [2.75, 3.05) is 45.2 Å². The van der Waals surface area contributed by atoms with Gasteiger partial charge in [-0.05, 0) is 33.0 Å². The summed E-state index contributed by atoms with van der Waals surface area (Å²) >= 11 is 0. The Kier molecular flexibility index (Phi) is 7.08. The molecule has 0 fully saturated rings. The van der Waals surface area contributed by atoms with Crippen LogP contribution in [0.2, 0.25) is 0 Å². The van der Waals surface area contributed by atoms with Crippen LogP contribution in [0.5, 0.6) is 0 Å². The highest BCUT2D eigenvalue weighted by molar-refractivity contribution is 5.94. The molecule has 0 aliphatic heterocycles. The molecule has 0 bridgehead atoms. The third-order valence-corrected chi connectivity index (χ3v) is 3.44. The molecule has 21 heavy (non-hydrogen) atoms. The second kappa shape index (κ2) is 8.56. The Morgan fingerprint density at radius 2 is 1.95 bits per heavy atom. The zero-order valence-electron chi connectivity index (χ0n) is 13.8. The Hall–Kier alpha value is -1.69. The van der Waals surface area contributed by atoms with Crippen LogP contribution in [0.1, 0.15) is 36.3 Å². The summed E-state index contributed by atoms with van der Waals surface area (Å²) in [4.78, 5) is 24.8. The molecule has 1 rings (SSSR count). The molecule has 0 radical (unpaired) electrons. The van der Waals surface area contributed by atoms with Crippen LogP contribution in [0, 0.1) is 6.92 Å². The number of hydrogen-bond donors (Lipinski definition) is 1. The van der Waals surface area contributed by atoms with Crippen LogP contribution >= 0.6 is 0 Å². The van der Waals surface area contributed by atoms with Crippen LogP contribution in [0.4, 0.5) is 5.95 Å². The van der Waals surface area contributed by atoms with Crippen molar-refractivity contribution in [2.45, 2.75) is 27.2 Å². The minimum absolute atomic E-state index is 0.0997. The first-order chi connectivity index (χ1) is 9.99. The van der Waals surface area contributed by atoms with Crippen molar-refractivity contribution in [1.29, 1.82) is 0 Å². The predicted octanol–water partition coefficient (Wildman–Crippen LogP) is 1.31. The molecular formula is C15H27N5O. The van der Waals surface area contributed by atoms with Crippen molar-refractivity contribution in [3.05, 3.63) is 17.5 Å². The molecule has 0 saturated heterocycles. The number of anilines is 1. The predicted molar refractivity (Wildman–Crippen MR) is 85.8 cm³/mol. The number of aryl methyl sites for hydroxylation is 1. The summed E-state index contributed by atoms with van der Waals surface area (Å²) in [5, 5.41) is 2.93. The number of carbonyl (C=O) groups is 1. The van der Waals surface area contributed by atoms with E-state index in [0.29, 0.717) is 23.8 Å². The van der Waals surface area contributed by atoms with Gasteiger partial charge in [0.25, 0.3) is 5.91 Å². The van der Waals surface area contributed by atoms with Gasteiger partial charge < -0.3 is 15.1 Å². The second-order valence-corrected chi connectivity index (χ2v) is 5.20.